The summed E-state index contributed by atoms with van der Waals surface area (Å²) in [4.78, 5) is 11.5. The number of nitrogens with one attached hydrogen (secondary N) is 2. The van der Waals surface area contributed by atoms with Gasteiger partial charge < -0.3 is 5.32 Å². The Hall–Kier alpha value is -1.46. The monoisotopic (exact) mass is 229 g/mol. The molecular formula is C10H13F2N3O. The number of hydrogen-bond acceptors (Lipinski definition) is 2. The molecule has 0 radical (unpaired) electrons. The Morgan fingerprint density at radius 2 is 2.31 bits per heavy atom. The fraction of sp³-hybridized carbons (Fsp3) is 0.600. The smallest absolute Gasteiger partial charge is 0.284 e. The average Bonchev–Trinajstić information content (AvgIpc) is 2.92. The van der Waals surface area contributed by atoms with Crippen LogP contribution in [0.4, 0.5) is 14.5 Å². The molecule has 1 aliphatic rings. The van der Waals surface area contributed by atoms with Crippen LogP contribution in [0.15, 0.2) is 0 Å². The molecule has 2 N–H and O–H groups in total. The van der Waals surface area contributed by atoms with E-state index in [0.29, 0.717) is 18.0 Å². The highest BCUT2D eigenvalue weighted by Crippen LogP contribution is 2.33. The van der Waals surface area contributed by atoms with Gasteiger partial charge in [-0.2, -0.15) is 5.10 Å². The van der Waals surface area contributed by atoms with Crippen LogP contribution in [0, 0.1) is 12.8 Å². The van der Waals surface area contributed by atoms with Crippen molar-refractivity contribution in [3.8, 4) is 0 Å². The van der Waals surface area contributed by atoms with Crippen molar-refractivity contribution in [2.75, 3.05) is 5.32 Å². The minimum Gasteiger partial charge on any atom is -0.323 e. The maximum Gasteiger partial charge on any atom is 0.284 e. The van der Waals surface area contributed by atoms with E-state index in [-0.39, 0.29) is 17.3 Å². The number of rotatable bonds is 4. The summed E-state index contributed by atoms with van der Waals surface area (Å²) < 4.78 is 25.1. The van der Waals surface area contributed by atoms with Gasteiger partial charge in [0.25, 0.3) is 6.43 Å². The van der Waals surface area contributed by atoms with Gasteiger partial charge in [0.2, 0.25) is 5.91 Å². The third-order valence-electron chi connectivity index (χ3n) is 2.62. The molecule has 1 aromatic heterocycles. The third kappa shape index (κ3) is 2.37. The summed E-state index contributed by atoms with van der Waals surface area (Å²) in [6.45, 7) is 1.60. The third-order valence-corrected chi connectivity index (χ3v) is 2.62. The first-order valence-electron chi connectivity index (χ1n) is 5.20. The lowest BCUT2D eigenvalue weighted by atomic mass is 10.2. The Labute approximate surface area is 91.4 Å². The summed E-state index contributed by atoms with van der Waals surface area (Å²) in [5, 5.41) is 8.42. The minimum atomic E-state index is -2.68. The number of carbonyl (C=O) groups is 1. The Bertz CT molecular complexity index is 399. The van der Waals surface area contributed by atoms with Crippen LogP contribution in [0.1, 0.15) is 37.1 Å². The Morgan fingerprint density at radius 3 is 2.88 bits per heavy atom. The van der Waals surface area contributed by atoms with Crippen LogP contribution in [0.2, 0.25) is 0 Å². The number of aromatic amines is 1. The molecule has 0 bridgehead atoms. The zero-order valence-corrected chi connectivity index (χ0v) is 8.89. The summed E-state index contributed by atoms with van der Waals surface area (Å²) in [6.07, 6.45) is -0.159. The Balaban J connectivity index is 2.06. The standard InChI is InChI=1S/C10H13F2N3O/c1-5-8(9(10(11)12)15-14-5)13-7(16)4-6-2-3-6/h6,10H,2-4H2,1H3,(H,13,16)(H,14,15). The second-order valence-corrected chi connectivity index (χ2v) is 4.11. The summed E-state index contributed by atoms with van der Waals surface area (Å²) in [5.41, 5.74) is 0.196. The van der Waals surface area contributed by atoms with Crippen molar-refractivity contribution in [1.29, 1.82) is 0 Å². The first-order valence-corrected chi connectivity index (χ1v) is 5.20. The lowest BCUT2D eigenvalue weighted by Crippen LogP contribution is -2.13. The van der Waals surface area contributed by atoms with Crippen molar-refractivity contribution in [3.05, 3.63) is 11.4 Å². The number of aryl methyl sites for hydroxylation is 1. The second-order valence-electron chi connectivity index (χ2n) is 4.11. The molecule has 1 amide bonds. The van der Waals surface area contributed by atoms with Crippen LogP contribution in [-0.2, 0) is 4.79 Å². The van der Waals surface area contributed by atoms with Gasteiger partial charge in [0, 0.05) is 6.42 Å². The van der Waals surface area contributed by atoms with Gasteiger partial charge in [-0.25, -0.2) is 8.78 Å². The highest BCUT2D eigenvalue weighted by Gasteiger charge is 2.26. The average molecular weight is 229 g/mol. The number of H-pyrrole nitrogens is 1. The maximum atomic E-state index is 12.5. The number of aromatic nitrogens is 2. The van der Waals surface area contributed by atoms with Crippen LogP contribution in [-0.4, -0.2) is 16.1 Å². The number of anilines is 1. The van der Waals surface area contributed by atoms with Crippen molar-refractivity contribution >= 4 is 11.6 Å². The summed E-state index contributed by atoms with van der Waals surface area (Å²) >= 11 is 0. The van der Waals surface area contributed by atoms with E-state index in [9.17, 15) is 13.6 Å². The van der Waals surface area contributed by atoms with Crippen molar-refractivity contribution < 1.29 is 13.6 Å². The topological polar surface area (TPSA) is 57.8 Å². The quantitative estimate of drug-likeness (QED) is 0.832. The van der Waals surface area contributed by atoms with E-state index in [1.807, 2.05) is 0 Å². The highest BCUT2D eigenvalue weighted by atomic mass is 19.3. The van der Waals surface area contributed by atoms with E-state index in [1.165, 1.54) is 0 Å². The minimum absolute atomic E-state index is 0.126. The highest BCUT2D eigenvalue weighted by molar-refractivity contribution is 5.92. The predicted molar refractivity (Wildman–Crippen MR) is 54.3 cm³/mol. The summed E-state index contributed by atoms with van der Waals surface area (Å²) in [5.74, 6) is 0.219. The van der Waals surface area contributed by atoms with Crippen LogP contribution in [0.5, 0.6) is 0 Å². The fourth-order valence-corrected chi connectivity index (χ4v) is 1.54. The summed E-state index contributed by atoms with van der Waals surface area (Å²) in [7, 11) is 0. The molecular weight excluding hydrogens is 216 g/mol. The van der Waals surface area contributed by atoms with Gasteiger partial charge in [-0.05, 0) is 25.7 Å². The van der Waals surface area contributed by atoms with Crippen LogP contribution in [0.25, 0.3) is 0 Å². The van der Waals surface area contributed by atoms with Crippen LogP contribution >= 0.6 is 0 Å². The van der Waals surface area contributed by atoms with E-state index < -0.39 is 6.43 Å². The zero-order chi connectivity index (χ0) is 11.7. The number of alkyl halides is 2. The number of nitrogens with zero attached hydrogens (tertiary/aromatic N) is 1. The van der Waals surface area contributed by atoms with E-state index in [1.54, 1.807) is 6.92 Å². The van der Waals surface area contributed by atoms with Gasteiger partial charge in [0.05, 0.1) is 11.4 Å². The lowest BCUT2D eigenvalue weighted by Gasteiger charge is -2.05. The van der Waals surface area contributed by atoms with Gasteiger partial charge in [0.15, 0.2) is 5.69 Å². The first kappa shape index (κ1) is 11.0. The molecule has 1 heterocycles. The predicted octanol–water partition coefficient (Wildman–Crippen LogP) is 2.39. The molecule has 1 saturated carbocycles. The second kappa shape index (κ2) is 4.19. The maximum absolute atomic E-state index is 12.5. The van der Waals surface area contributed by atoms with Gasteiger partial charge in [-0.15, -0.1) is 0 Å². The van der Waals surface area contributed by atoms with Gasteiger partial charge >= 0.3 is 0 Å². The molecule has 4 nitrogen and oxygen atoms in total. The van der Waals surface area contributed by atoms with Gasteiger partial charge in [0.1, 0.15) is 0 Å². The SMILES string of the molecule is Cc1[nH]nc(C(F)F)c1NC(=O)CC1CC1. The van der Waals surface area contributed by atoms with Crippen molar-refractivity contribution in [3.63, 3.8) is 0 Å². The largest absolute Gasteiger partial charge is 0.323 e. The Kier molecular flexibility index (Phi) is 2.89. The number of hydrogen-bond donors (Lipinski definition) is 2. The molecule has 2 rings (SSSR count). The molecule has 0 aliphatic heterocycles. The van der Waals surface area contributed by atoms with E-state index in [4.69, 9.17) is 0 Å². The molecule has 16 heavy (non-hydrogen) atoms. The molecule has 0 aromatic carbocycles. The molecule has 1 aromatic rings. The number of carbonyl (C=O) groups excluding carboxylic acids is 1. The first-order chi connectivity index (χ1) is 7.58. The molecule has 0 saturated heterocycles. The Morgan fingerprint density at radius 1 is 1.62 bits per heavy atom. The molecule has 88 valence electrons. The molecule has 1 fully saturated rings. The molecule has 0 atom stereocenters. The molecule has 0 spiro atoms. The lowest BCUT2D eigenvalue weighted by molar-refractivity contribution is -0.116. The zero-order valence-electron chi connectivity index (χ0n) is 8.89. The van der Waals surface area contributed by atoms with Gasteiger partial charge in [-0.1, -0.05) is 0 Å². The number of amides is 1. The van der Waals surface area contributed by atoms with Crippen molar-refractivity contribution in [2.24, 2.45) is 5.92 Å². The molecule has 1 aliphatic carbocycles. The number of halogens is 2. The van der Waals surface area contributed by atoms with Crippen molar-refractivity contribution in [2.45, 2.75) is 32.6 Å². The van der Waals surface area contributed by atoms with Crippen molar-refractivity contribution in [1.82, 2.24) is 10.2 Å². The van der Waals surface area contributed by atoms with Crippen LogP contribution in [0.3, 0.4) is 0 Å². The molecule has 0 unspecified atom stereocenters. The van der Waals surface area contributed by atoms with Crippen LogP contribution < -0.4 is 5.32 Å². The molecule has 6 heteroatoms. The van der Waals surface area contributed by atoms with E-state index in [2.05, 4.69) is 15.5 Å². The van der Waals surface area contributed by atoms with E-state index >= 15 is 0 Å². The van der Waals surface area contributed by atoms with Gasteiger partial charge in [-0.3, -0.25) is 9.89 Å². The fourth-order valence-electron chi connectivity index (χ4n) is 1.54. The van der Waals surface area contributed by atoms with E-state index in [0.717, 1.165) is 12.8 Å². The summed E-state index contributed by atoms with van der Waals surface area (Å²) in [6, 6.07) is 0. The normalized spacial score (nSPS) is 15.5.